The minimum atomic E-state index is 0.573. The number of halogens is 2. The molecule has 156 valence electrons. The smallest absolute Gasteiger partial charge is 0.210 e. The number of anilines is 2. The molecular weight excluding hydrogens is 514 g/mol. The fraction of sp³-hybridized carbons (Fsp3) is 0. The van der Waals surface area contributed by atoms with Crippen molar-refractivity contribution in [3.8, 4) is 22.0 Å². The van der Waals surface area contributed by atoms with E-state index in [2.05, 4.69) is 51.6 Å². The maximum atomic E-state index is 6.51. The summed E-state index contributed by atoms with van der Waals surface area (Å²) in [5, 5.41) is 21.6. The van der Waals surface area contributed by atoms with E-state index >= 15 is 0 Å². The van der Waals surface area contributed by atoms with Gasteiger partial charge in [-0.3, -0.25) is 10.1 Å². The van der Waals surface area contributed by atoms with Gasteiger partial charge >= 0.3 is 0 Å². The molecule has 0 saturated heterocycles. The number of rotatable bonds is 4. The molecule has 0 spiro atoms. The lowest BCUT2D eigenvalue weighted by Crippen LogP contribution is -1.90. The van der Waals surface area contributed by atoms with Gasteiger partial charge in [0.15, 0.2) is 5.01 Å². The largest absolute Gasteiger partial charge is 0.329 e. The molecule has 1 aromatic carbocycles. The normalized spacial score (nSPS) is 11.4. The fourth-order valence-electron chi connectivity index (χ4n) is 3.33. The molecule has 5 aromatic heterocycles. The van der Waals surface area contributed by atoms with E-state index in [0.717, 1.165) is 38.5 Å². The van der Waals surface area contributed by atoms with Gasteiger partial charge in [0, 0.05) is 17.8 Å². The Kier molecular flexibility index (Phi) is 4.59. The number of benzene rings is 1. The Labute approximate surface area is 197 Å². The third-order valence-corrected chi connectivity index (χ3v) is 6.51. The molecule has 0 amide bonds. The van der Waals surface area contributed by atoms with Crippen molar-refractivity contribution in [1.29, 1.82) is 0 Å². The average Bonchev–Trinajstić information content (AvgIpc) is 3.55. The maximum Gasteiger partial charge on any atom is 0.210 e. The molecule has 5 heterocycles. The summed E-state index contributed by atoms with van der Waals surface area (Å²) in [7, 11) is 0. The van der Waals surface area contributed by atoms with Crippen molar-refractivity contribution in [1.82, 2.24) is 39.7 Å². The van der Waals surface area contributed by atoms with Crippen LogP contribution in [0.25, 0.3) is 38.5 Å². The number of pyridine rings is 1. The van der Waals surface area contributed by atoms with Gasteiger partial charge in [0.05, 0.1) is 40.4 Å². The first kappa shape index (κ1) is 19.3. The molecule has 6 aromatic rings. The molecule has 0 fully saturated rings. The standard InChI is InChI=1S/C20H11BrClN9S/c21-16-8-23-14(7-24-16)15-9-31-5-1-2-10(18(31)26-15)19-29-30-20(32-19)27-13-4-3-12-11(17(13)22)6-25-28-12/h1-9H,(H,25,28)(H,27,30). The first-order chi connectivity index (χ1) is 15.7. The first-order valence-corrected chi connectivity index (χ1v) is 11.3. The molecule has 6 rings (SSSR count). The van der Waals surface area contributed by atoms with Crippen molar-refractivity contribution in [3.63, 3.8) is 0 Å². The van der Waals surface area contributed by atoms with Gasteiger partial charge in [0.1, 0.15) is 21.6 Å². The molecule has 0 aliphatic rings. The van der Waals surface area contributed by atoms with Crippen LogP contribution in [0.3, 0.4) is 0 Å². The zero-order chi connectivity index (χ0) is 21.7. The lowest BCUT2D eigenvalue weighted by Gasteiger charge is -2.05. The van der Waals surface area contributed by atoms with Crippen LogP contribution in [0.15, 0.2) is 59.9 Å². The molecule has 0 saturated carbocycles. The minimum Gasteiger partial charge on any atom is -0.329 e. The van der Waals surface area contributed by atoms with Gasteiger partial charge in [0.2, 0.25) is 5.13 Å². The summed E-state index contributed by atoms with van der Waals surface area (Å²) in [5.74, 6) is 0. The van der Waals surface area contributed by atoms with Crippen molar-refractivity contribution in [2.75, 3.05) is 5.32 Å². The predicted molar refractivity (Wildman–Crippen MR) is 127 cm³/mol. The third kappa shape index (κ3) is 3.30. The highest BCUT2D eigenvalue weighted by Crippen LogP contribution is 2.35. The predicted octanol–water partition coefficient (Wildman–Crippen LogP) is 5.35. The minimum absolute atomic E-state index is 0.573. The van der Waals surface area contributed by atoms with E-state index in [9.17, 15) is 0 Å². The van der Waals surface area contributed by atoms with Crippen molar-refractivity contribution in [3.05, 3.63) is 64.9 Å². The van der Waals surface area contributed by atoms with E-state index in [-0.39, 0.29) is 0 Å². The highest BCUT2D eigenvalue weighted by atomic mass is 79.9. The van der Waals surface area contributed by atoms with Crippen LogP contribution in [0.2, 0.25) is 5.02 Å². The zero-order valence-corrected chi connectivity index (χ0v) is 19.1. The Morgan fingerprint density at radius 1 is 1.06 bits per heavy atom. The van der Waals surface area contributed by atoms with E-state index in [4.69, 9.17) is 16.6 Å². The van der Waals surface area contributed by atoms with Crippen LogP contribution in [-0.2, 0) is 0 Å². The number of nitrogens with zero attached hydrogens (tertiary/aromatic N) is 7. The summed E-state index contributed by atoms with van der Waals surface area (Å²) < 4.78 is 2.61. The molecule has 12 heteroatoms. The van der Waals surface area contributed by atoms with Gasteiger partial charge in [-0.25, -0.2) is 9.97 Å². The monoisotopic (exact) mass is 523 g/mol. The van der Waals surface area contributed by atoms with Gasteiger partial charge < -0.3 is 9.72 Å². The van der Waals surface area contributed by atoms with E-state index < -0.39 is 0 Å². The van der Waals surface area contributed by atoms with Gasteiger partial charge in [-0.15, -0.1) is 10.2 Å². The van der Waals surface area contributed by atoms with Crippen molar-refractivity contribution in [2.24, 2.45) is 0 Å². The average molecular weight is 525 g/mol. The lowest BCUT2D eigenvalue weighted by atomic mass is 10.2. The second-order valence-corrected chi connectivity index (χ2v) is 8.97. The molecular formula is C20H11BrClN9S. The quantitative estimate of drug-likeness (QED) is 0.320. The van der Waals surface area contributed by atoms with Crippen LogP contribution in [0, 0.1) is 0 Å². The van der Waals surface area contributed by atoms with Crippen LogP contribution in [0.1, 0.15) is 0 Å². The highest BCUT2D eigenvalue weighted by molar-refractivity contribution is 9.10. The van der Waals surface area contributed by atoms with Gasteiger partial charge in [-0.1, -0.05) is 22.9 Å². The Morgan fingerprint density at radius 3 is 2.88 bits per heavy atom. The number of fused-ring (bicyclic) bond motifs is 2. The molecule has 32 heavy (non-hydrogen) atoms. The second kappa shape index (κ2) is 7.62. The summed E-state index contributed by atoms with van der Waals surface area (Å²) in [6.45, 7) is 0. The molecule has 9 nitrogen and oxygen atoms in total. The van der Waals surface area contributed by atoms with Gasteiger partial charge in [0.25, 0.3) is 0 Å². The zero-order valence-electron chi connectivity index (χ0n) is 16.0. The number of hydrogen-bond donors (Lipinski definition) is 2. The number of nitrogens with one attached hydrogen (secondary N) is 2. The molecule has 0 radical (unpaired) electrons. The summed E-state index contributed by atoms with van der Waals surface area (Å²) in [4.78, 5) is 13.4. The molecule has 0 bridgehead atoms. The van der Waals surface area contributed by atoms with E-state index in [0.29, 0.717) is 20.5 Å². The number of aromatic nitrogens is 8. The molecule has 2 N–H and O–H groups in total. The van der Waals surface area contributed by atoms with E-state index in [1.165, 1.54) is 11.3 Å². The van der Waals surface area contributed by atoms with Gasteiger partial charge in [-0.05, 0) is 40.2 Å². The number of hydrogen-bond acceptors (Lipinski definition) is 8. The number of imidazole rings is 1. The summed E-state index contributed by atoms with van der Waals surface area (Å²) in [6, 6.07) is 7.70. The molecule has 0 aliphatic heterocycles. The van der Waals surface area contributed by atoms with Crippen LogP contribution in [-0.4, -0.2) is 39.7 Å². The molecule has 0 atom stereocenters. The second-order valence-electron chi connectivity index (χ2n) is 6.80. The van der Waals surface area contributed by atoms with Crippen molar-refractivity contribution in [2.45, 2.75) is 0 Å². The van der Waals surface area contributed by atoms with Gasteiger partial charge in [-0.2, -0.15) is 5.10 Å². The Hall–Kier alpha value is -3.41. The number of H-pyrrole nitrogens is 1. The summed E-state index contributed by atoms with van der Waals surface area (Å²) in [5.41, 5.74) is 4.64. The molecule has 0 aliphatic carbocycles. The van der Waals surface area contributed by atoms with Crippen LogP contribution >= 0.6 is 38.9 Å². The maximum absolute atomic E-state index is 6.51. The first-order valence-electron chi connectivity index (χ1n) is 9.34. The molecule has 0 unspecified atom stereocenters. The van der Waals surface area contributed by atoms with Crippen LogP contribution in [0.4, 0.5) is 10.8 Å². The van der Waals surface area contributed by atoms with Crippen LogP contribution < -0.4 is 5.32 Å². The Morgan fingerprint density at radius 2 is 2.00 bits per heavy atom. The highest BCUT2D eigenvalue weighted by Gasteiger charge is 2.15. The summed E-state index contributed by atoms with van der Waals surface area (Å²) in [6.07, 6.45) is 8.87. The topological polar surface area (TPSA) is 110 Å². The van der Waals surface area contributed by atoms with Crippen molar-refractivity contribution >= 4 is 66.2 Å². The van der Waals surface area contributed by atoms with Crippen molar-refractivity contribution < 1.29 is 0 Å². The van der Waals surface area contributed by atoms with E-state index in [1.807, 2.05) is 41.1 Å². The van der Waals surface area contributed by atoms with E-state index in [1.54, 1.807) is 18.6 Å². The third-order valence-electron chi connectivity index (χ3n) is 4.82. The SMILES string of the molecule is Clc1c(Nc2nnc(-c3cccn4cc(-c5cnc(Br)cn5)nc34)s2)ccc2[nH]ncc12. The number of aromatic amines is 1. The Balaban J connectivity index is 1.35. The fourth-order valence-corrected chi connectivity index (χ4v) is 4.57. The Bertz CT molecular complexity index is 1590. The summed E-state index contributed by atoms with van der Waals surface area (Å²) >= 11 is 11.2. The van der Waals surface area contributed by atoms with Crippen LogP contribution in [0.5, 0.6) is 0 Å². The lowest BCUT2D eigenvalue weighted by molar-refractivity contribution is 1.09.